The van der Waals surface area contributed by atoms with Crippen molar-refractivity contribution in [1.82, 2.24) is 9.91 Å². The van der Waals surface area contributed by atoms with Gasteiger partial charge in [0.1, 0.15) is 0 Å². The molecule has 0 amide bonds. The summed E-state index contributed by atoms with van der Waals surface area (Å²) in [5.41, 5.74) is 0.00540. The van der Waals surface area contributed by atoms with Gasteiger partial charge in [0.15, 0.2) is 0 Å². The molecule has 0 spiro atoms. The van der Waals surface area contributed by atoms with Crippen molar-refractivity contribution < 1.29 is 17.9 Å². The topological polar surface area (TPSA) is 41.7 Å². The van der Waals surface area contributed by atoms with Crippen LogP contribution in [0.4, 0.5) is 13.2 Å². The van der Waals surface area contributed by atoms with Gasteiger partial charge in [-0.15, -0.1) is 0 Å². The fourth-order valence-corrected chi connectivity index (χ4v) is 2.94. The third-order valence-corrected chi connectivity index (χ3v) is 4.18. The average Bonchev–Trinajstić information content (AvgIpc) is 2.32. The molecule has 20 heavy (non-hydrogen) atoms. The average molecular weight is 295 g/mol. The number of alkyl halides is 3. The number of nitrogens with zero attached hydrogens (tertiary/aromatic N) is 2. The van der Waals surface area contributed by atoms with Crippen molar-refractivity contribution in [2.24, 2.45) is 11.3 Å². The van der Waals surface area contributed by atoms with Gasteiger partial charge in [-0.05, 0) is 12.8 Å². The molecule has 2 aliphatic rings. The van der Waals surface area contributed by atoms with Gasteiger partial charge in [-0.1, -0.05) is 6.92 Å². The molecule has 2 heterocycles. The summed E-state index contributed by atoms with van der Waals surface area (Å²) in [6.07, 6.45) is -3.16. The SMILES string of the molecule is CC1(CN(CCC(F)(F)F)C2CCN(N)CC2)COC1. The first-order valence-electron chi connectivity index (χ1n) is 7.16. The highest BCUT2D eigenvalue weighted by Gasteiger charge is 2.38. The van der Waals surface area contributed by atoms with Crippen LogP contribution in [0.15, 0.2) is 0 Å². The van der Waals surface area contributed by atoms with E-state index in [1.165, 1.54) is 0 Å². The fraction of sp³-hybridized carbons (Fsp3) is 1.00. The lowest BCUT2D eigenvalue weighted by Crippen LogP contribution is -2.54. The van der Waals surface area contributed by atoms with Crippen LogP contribution < -0.4 is 5.84 Å². The van der Waals surface area contributed by atoms with Gasteiger partial charge in [0.05, 0.1) is 19.6 Å². The fourth-order valence-electron chi connectivity index (χ4n) is 2.94. The van der Waals surface area contributed by atoms with Crippen LogP contribution in [0.25, 0.3) is 0 Å². The van der Waals surface area contributed by atoms with E-state index in [-0.39, 0.29) is 18.0 Å². The maximum atomic E-state index is 12.5. The van der Waals surface area contributed by atoms with E-state index in [2.05, 4.69) is 6.92 Å². The number of halogens is 3. The van der Waals surface area contributed by atoms with Crippen molar-refractivity contribution >= 4 is 0 Å². The highest BCUT2D eigenvalue weighted by Crippen LogP contribution is 2.31. The molecule has 0 bridgehead atoms. The van der Waals surface area contributed by atoms with Crippen LogP contribution in [0.3, 0.4) is 0 Å². The van der Waals surface area contributed by atoms with E-state index in [4.69, 9.17) is 10.6 Å². The second kappa shape index (κ2) is 6.17. The van der Waals surface area contributed by atoms with E-state index in [1.54, 1.807) is 5.01 Å². The summed E-state index contributed by atoms with van der Waals surface area (Å²) < 4.78 is 42.7. The Morgan fingerprint density at radius 2 is 1.90 bits per heavy atom. The van der Waals surface area contributed by atoms with E-state index in [9.17, 15) is 13.2 Å². The second-order valence-electron chi connectivity index (χ2n) is 6.41. The molecule has 0 aliphatic carbocycles. The van der Waals surface area contributed by atoms with Crippen LogP contribution in [0.5, 0.6) is 0 Å². The quantitative estimate of drug-likeness (QED) is 0.783. The molecule has 0 radical (unpaired) electrons. The number of hydrogen-bond donors (Lipinski definition) is 1. The predicted molar refractivity (Wildman–Crippen MR) is 70.0 cm³/mol. The van der Waals surface area contributed by atoms with Crippen molar-refractivity contribution in [1.29, 1.82) is 0 Å². The molecule has 7 heteroatoms. The number of piperidine rings is 1. The molecule has 0 aromatic heterocycles. The molecule has 0 atom stereocenters. The van der Waals surface area contributed by atoms with Crippen LogP contribution in [0, 0.1) is 5.41 Å². The lowest BCUT2D eigenvalue weighted by molar-refractivity contribution is -0.149. The van der Waals surface area contributed by atoms with Gasteiger partial charge in [0.2, 0.25) is 0 Å². The summed E-state index contributed by atoms with van der Waals surface area (Å²) in [6.45, 7) is 5.62. The first kappa shape index (κ1) is 16.0. The number of rotatable bonds is 5. The van der Waals surface area contributed by atoms with Crippen molar-refractivity contribution in [3.63, 3.8) is 0 Å². The van der Waals surface area contributed by atoms with Gasteiger partial charge in [-0.25, -0.2) is 5.01 Å². The maximum absolute atomic E-state index is 12.5. The summed E-state index contributed by atoms with van der Waals surface area (Å²) in [5, 5.41) is 1.74. The van der Waals surface area contributed by atoms with Crippen molar-refractivity contribution in [3.8, 4) is 0 Å². The minimum absolute atomic E-state index is 0.00540. The third kappa shape index (κ3) is 4.58. The number of nitrogens with two attached hydrogens (primary N) is 1. The lowest BCUT2D eigenvalue weighted by Gasteiger charge is -2.45. The molecule has 118 valence electrons. The van der Waals surface area contributed by atoms with Crippen molar-refractivity contribution in [2.45, 2.75) is 38.4 Å². The predicted octanol–water partition coefficient (Wildman–Crippen LogP) is 1.62. The molecular weight excluding hydrogens is 271 g/mol. The van der Waals surface area contributed by atoms with Crippen LogP contribution in [-0.4, -0.2) is 61.5 Å². The van der Waals surface area contributed by atoms with Gasteiger partial charge in [-0.2, -0.15) is 13.2 Å². The summed E-state index contributed by atoms with van der Waals surface area (Å²) >= 11 is 0. The Bertz CT molecular complexity index is 312. The Labute approximate surface area is 118 Å². The van der Waals surface area contributed by atoms with Crippen LogP contribution >= 0.6 is 0 Å². The minimum Gasteiger partial charge on any atom is -0.380 e. The second-order valence-corrected chi connectivity index (χ2v) is 6.41. The van der Waals surface area contributed by atoms with E-state index in [1.807, 2.05) is 4.90 Å². The zero-order valence-electron chi connectivity index (χ0n) is 12.0. The molecule has 0 unspecified atom stereocenters. The van der Waals surface area contributed by atoms with Gasteiger partial charge in [0.25, 0.3) is 0 Å². The highest BCUT2D eigenvalue weighted by atomic mass is 19.4. The molecule has 2 aliphatic heterocycles. The van der Waals surface area contributed by atoms with Gasteiger partial charge in [-0.3, -0.25) is 10.7 Å². The Hall–Kier alpha value is -0.370. The first-order valence-corrected chi connectivity index (χ1v) is 7.16. The Morgan fingerprint density at radius 3 is 2.35 bits per heavy atom. The maximum Gasteiger partial charge on any atom is 0.390 e. The lowest BCUT2D eigenvalue weighted by atomic mass is 9.87. The number of ether oxygens (including phenoxy) is 1. The molecule has 2 fully saturated rings. The summed E-state index contributed by atoms with van der Waals surface area (Å²) in [6, 6.07) is 0.203. The Balaban J connectivity index is 1.92. The Kier molecular flexibility index (Phi) is 4.94. The van der Waals surface area contributed by atoms with Crippen molar-refractivity contribution in [3.05, 3.63) is 0 Å². The largest absolute Gasteiger partial charge is 0.390 e. The zero-order chi connectivity index (χ0) is 14.8. The summed E-state index contributed by atoms with van der Waals surface area (Å²) in [4.78, 5) is 2.00. The molecule has 2 rings (SSSR count). The molecule has 4 nitrogen and oxygen atoms in total. The van der Waals surface area contributed by atoms with Gasteiger partial charge >= 0.3 is 6.18 Å². The Morgan fingerprint density at radius 1 is 1.30 bits per heavy atom. The monoisotopic (exact) mass is 295 g/mol. The smallest absolute Gasteiger partial charge is 0.380 e. The standard InChI is InChI=1S/C13H24F3N3O/c1-12(9-20-10-12)8-18(7-4-13(14,15)16)11-2-5-19(17)6-3-11/h11H,2-10,17H2,1H3. The summed E-state index contributed by atoms with van der Waals surface area (Å²) in [5.74, 6) is 5.72. The van der Waals surface area contributed by atoms with Crippen molar-refractivity contribution in [2.75, 3.05) is 39.4 Å². The highest BCUT2D eigenvalue weighted by molar-refractivity contribution is 4.88. The molecule has 0 aromatic rings. The minimum atomic E-state index is -4.09. The molecule has 2 N–H and O–H groups in total. The van der Waals surface area contributed by atoms with Crippen LogP contribution in [0.2, 0.25) is 0 Å². The molecule has 0 saturated carbocycles. The number of hydrogen-bond acceptors (Lipinski definition) is 4. The third-order valence-electron chi connectivity index (χ3n) is 4.18. The zero-order valence-corrected chi connectivity index (χ0v) is 12.0. The number of hydrazine groups is 1. The van der Waals surface area contributed by atoms with E-state index < -0.39 is 12.6 Å². The normalized spacial score (nSPS) is 24.9. The van der Waals surface area contributed by atoms with E-state index in [0.717, 1.165) is 25.9 Å². The molecule has 0 aromatic carbocycles. The van der Waals surface area contributed by atoms with E-state index >= 15 is 0 Å². The molecule has 2 saturated heterocycles. The van der Waals surface area contributed by atoms with Gasteiger partial charge < -0.3 is 4.74 Å². The molecular formula is C13H24F3N3O. The van der Waals surface area contributed by atoms with E-state index in [0.29, 0.717) is 19.8 Å². The van der Waals surface area contributed by atoms with Crippen LogP contribution in [0.1, 0.15) is 26.2 Å². The van der Waals surface area contributed by atoms with Gasteiger partial charge in [0, 0.05) is 37.6 Å². The summed E-state index contributed by atoms with van der Waals surface area (Å²) in [7, 11) is 0. The first-order chi connectivity index (χ1) is 9.27. The van der Waals surface area contributed by atoms with Crippen LogP contribution in [-0.2, 0) is 4.74 Å².